The van der Waals surface area contributed by atoms with Crippen LogP contribution in [0, 0.1) is 5.92 Å². The van der Waals surface area contributed by atoms with Crippen molar-refractivity contribution < 1.29 is 14.3 Å². The number of hydrogen-bond donors (Lipinski definition) is 1. The molecule has 0 fully saturated rings. The number of hydrogen-bond acceptors (Lipinski definition) is 3. The molecule has 0 aromatic carbocycles. The van der Waals surface area contributed by atoms with Gasteiger partial charge in [-0.2, -0.15) is 0 Å². The molecular weight excluding hydrogens is 242 g/mol. The Morgan fingerprint density at radius 1 is 1.26 bits per heavy atom. The number of rotatable bonds is 6. The third-order valence-corrected chi connectivity index (χ3v) is 2.49. The summed E-state index contributed by atoms with van der Waals surface area (Å²) < 4.78 is 5.18. The second-order valence-corrected chi connectivity index (χ2v) is 6.15. The van der Waals surface area contributed by atoms with Crippen LogP contribution in [-0.2, 0) is 9.53 Å². The van der Waals surface area contributed by atoms with Gasteiger partial charge in [0.25, 0.3) is 0 Å². The topological polar surface area (TPSA) is 55.4 Å². The summed E-state index contributed by atoms with van der Waals surface area (Å²) in [6.07, 6.45) is 0.607. The Kier molecular flexibility index (Phi) is 6.81. The van der Waals surface area contributed by atoms with Crippen molar-refractivity contribution in [2.75, 3.05) is 0 Å². The van der Waals surface area contributed by atoms with Crippen LogP contribution in [0.1, 0.15) is 54.4 Å². The van der Waals surface area contributed by atoms with Crippen LogP contribution in [-0.4, -0.2) is 23.5 Å². The maximum atomic E-state index is 12.1. The van der Waals surface area contributed by atoms with Gasteiger partial charge in [-0.1, -0.05) is 27.4 Å². The van der Waals surface area contributed by atoms with Crippen molar-refractivity contribution in [1.82, 2.24) is 5.32 Å². The van der Waals surface area contributed by atoms with Gasteiger partial charge in [0, 0.05) is 0 Å². The summed E-state index contributed by atoms with van der Waals surface area (Å²) in [5.74, 6) is 0.190. The van der Waals surface area contributed by atoms with Gasteiger partial charge in [0.2, 0.25) is 0 Å². The summed E-state index contributed by atoms with van der Waals surface area (Å²) in [4.78, 5) is 23.9. The Hall–Kier alpha value is -1.32. The Morgan fingerprint density at radius 2 is 1.79 bits per heavy atom. The largest absolute Gasteiger partial charge is 0.444 e. The maximum absolute atomic E-state index is 12.1. The first-order valence-corrected chi connectivity index (χ1v) is 6.78. The SMILES string of the molecule is C=C(CC)C(=O)C(CC(C)C)NC(=O)OC(C)(C)C. The van der Waals surface area contributed by atoms with Crippen LogP contribution in [0.2, 0.25) is 0 Å². The zero-order valence-electron chi connectivity index (χ0n) is 13.0. The molecule has 4 nitrogen and oxygen atoms in total. The highest BCUT2D eigenvalue weighted by atomic mass is 16.6. The van der Waals surface area contributed by atoms with E-state index in [1.54, 1.807) is 20.8 Å². The molecule has 0 aliphatic rings. The van der Waals surface area contributed by atoms with Crippen LogP contribution < -0.4 is 5.32 Å². The fraction of sp³-hybridized carbons (Fsp3) is 0.733. The molecule has 0 aromatic rings. The highest BCUT2D eigenvalue weighted by Crippen LogP contribution is 2.13. The predicted molar refractivity (Wildman–Crippen MR) is 77.1 cm³/mol. The smallest absolute Gasteiger partial charge is 0.408 e. The van der Waals surface area contributed by atoms with Crippen molar-refractivity contribution in [3.05, 3.63) is 12.2 Å². The molecule has 0 heterocycles. The van der Waals surface area contributed by atoms with Crippen LogP contribution in [0.4, 0.5) is 4.79 Å². The molecule has 0 saturated heterocycles. The molecule has 0 aliphatic carbocycles. The number of alkyl carbamates (subject to hydrolysis) is 1. The first-order valence-electron chi connectivity index (χ1n) is 6.78. The molecule has 110 valence electrons. The van der Waals surface area contributed by atoms with Gasteiger partial charge in [0.1, 0.15) is 5.60 Å². The van der Waals surface area contributed by atoms with E-state index < -0.39 is 17.7 Å². The number of carbonyl (C=O) groups excluding carboxylic acids is 2. The highest BCUT2D eigenvalue weighted by Gasteiger charge is 2.25. The number of ketones is 1. The molecule has 19 heavy (non-hydrogen) atoms. The molecule has 0 bridgehead atoms. The molecule has 1 atom stereocenters. The van der Waals surface area contributed by atoms with E-state index in [1.165, 1.54) is 0 Å². The first-order chi connectivity index (χ1) is 8.56. The van der Waals surface area contributed by atoms with E-state index in [2.05, 4.69) is 11.9 Å². The minimum absolute atomic E-state index is 0.109. The summed E-state index contributed by atoms with van der Waals surface area (Å²) in [6, 6.07) is -0.553. The molecule has 0 saturated carbocycles. The number of nitrogens with one attached hydrogen (secondary N) is 1. The molecule has 0 radical (unpaired) electrons. The predicted octanol–water partition coefficient (Wildman–Crippen LogP) is 3.46. The molecule has 1 N–H and O–H groups in total. The maximum Gasteiger partial charge on any atom is 0.408 e. The highest BCUT2D eigenvalue weighted by molar-refractivity contribution is 6.00. The van der Waals surface area contributed by atoms with E-state index in [1.807, 2.05) is 20.8 Å². The van der Waals surface area contributed by atoms with Gasteiger partial charge in [-0.3, -0.25) is 4.79 Å². The zero-order valence-corrected chi connectivity index (χ0v) is 13.0. The van der Waals surface area contributed by atoms with Gasteiger partial charge in [0.05, 0.1) is 6.04 Å². The van der Waals surface area contributed by atoms with E-state index in [0.29, 0.717) is 24.3 Å². The van der Waals surface area contributed by atoms with Crippen LogP contribution >= 0.6 is 0 Å². The summed E-state index contributed by atoms with van der Waals surface area (Å²) in [5, 5.41) is 2.65. The number of Topliss-reactive ketones (excluding diaryl/α,β-unsaturated/α-hetero) is 1. The van der Waals surface area contributed by atoms with Crippen molar-refractivity contribution in [3.63, 3.8) is 0 Å². The molecule has 0 spiro atoms. The van der Waals surface area contributed by atoms with E-state index in [0.717, 1.165) is 0 Å². The molecule has 0 rings (SSSR count). The average Bonchev–Trinajstić information content (AvgIpc) is 2.22. The summed E-state index contributed by atoms with van der Waals surface area (Å²) in [6.45, 7) is 15.0. The Labute approximate surface area is 116 Å². The first kappa shape index (κ1) is 17.7. The lowest BCUT2D eigenvalue weighted by atomic mass is 9.96. The summed E-state index contributed by atoms with van der Waals surface area (Å²) in [5.41, 5.74) is -0.0428. The van der Waals surface area contributed by atoms with Crippen molar-refractivity contribution in [1.29, 1.82) is 0 Å². The van der Waals surface area contributed by atoms with E-state index in [9.17, 15) is 9.59 Å². The third kappa shape index (κ3) is 7.65. The van der Waals surface area contributed by atoms with Gasteiger partial charge in [-0.25, -0.2) is 4.79 Å². The monoisotopic (exact) mass is 269 g/mol. The normalized spacial score (nSPS) is 13.0. The number of amides is 1. The van der Waals surface area contributed by atoms with Crippen LogP contribution in [0.25, 0.3) is 0 Å². The minimum Gasteiger partial charge on any atom is -0.444 e. The van der Waals surface area contributed by atoms with E-state index in [4.69, 9.17) is 4.74 Å². The quantitative estimate of drug-likeness (QED) is 0.751. The Morgan fingerprint density at radius 3 is 2.16 bits per heavy atom. The Balaban J connectivity index is 4.73. The summed E-state index contributed by atoms with van der Waals surface area (Å²) >= 11 is 0. The van der Waals surface area contributed by atoms with Gasteiger partial charge >= 0.3 is 6.09 Å². The minimum atomic E-state index is -0.572. The summed E-state index contributed by atoms with van der Waals surface area (Å²) in [7, 11) is 0. The zero-order chi connectivity index (χ0) is 15.2. The average molecular weight is 269 g/mol. The molecule has 4 heteroatoms. The van der Waals surface area contributed by atoms with Crippen LogP contribution in [0.15, 0.2) is 12.2 Å². The van der Waals surface area contributed by atoms with Crippen molar-refractivity contribution >= 4 is 11.9 Å². The fourth-order valence-electron chi connectivity index (χ4n) is 1.57. The van der Waals surface area contributed by atoms with Gasteiger partial charge < -0.3 is 10.1 Å². The van der Waals surface area contributed by atoms with E-state index >= 15 is 0 Å². The van der Waals surface area contributed by atoms with Gasteiger partial charge in [-0.05, 0) is 45.1 Å². The number of ether oxygens (including phenoxy) is 1. The molecule has 0 aliphatic heterocycles. The lowest BCUT2D eigenvalue weighted by Crippen LogP contribution is -2.44. The van der Waals surface area contributed by atoms with E-state index in [-0.39, 0.29) is 5.78 Å². The fourth-order valence-corrected chi connectivity index (χ4v) is 1.57. The number of carbonyl (C=O) groups is 2. The van der Waals surface area contributed by atoms with Crippen molar-refractivity contribution in [3.8, 4) is 0 Å². The van der Waals surface area contributed by atoms with Gasteiger partial charge in [0.15, 0.2) is 5.78 Å². The van der Waals surface area contributed by atoms with Crippen molar-refractivity contribution in [2.45, 2.75) is 66.0 Å². The second-order valence-electron chi connectivity index (χ2n) is 6.15. The molecule has 1 amide bonds. The lowest BCUT2D eigenvalue weighted by molar-refractivity contribution is -0.118. The lowest BCUT2D eigenvalue weighted by Gasteiger charge is -2.24. The molecular formula is C15H27NO3. The van der Waals surface area contributed by atoms with Crippen LogP contribution in [0.3, 0.4) is 0 Å². The van der Waals surface area contributed by atoms with Crippen molar-refractivity contribution in [2.24, 2.45) is 5.92 Å². The molecule has 1 unspecified atom stereocenters. The standard InChI is InChI=1S/C15H27NO3/c1-8-11(4)13(17)12(9-10(2)3)16-14(18)19-15(5,6)7/h10,12H,4,8-9H2,1-3,5-7H3,(H,16,18). The second kappa shape index (κ2) is 7.31. The van der Waals surface area contributed by atoms with Gasteiger partial charge in [-0.15, -0.1) is 0 Å². The Bertz CT molecular complexity index is 340. The third-order valence-electron chi connectivity index (χ3n) is 2.49. The van der Waals surface area contributed by atoms with Crippen LogP contribution in [0.5, 0.6) is 0 Å². The molecule has 0 aromatic heterocycles.